The number of Topliss-reactive ketones (excluding diaryl/α,β-unsaturated/α-hetero) is 1. The van der Waals surface area contributed by atoms with Crippen LogP contribution in [0.2, 0.25) is 0 Å². The Morgan fingerprint density at radius 2 is 1.95 bits per heavy atom. The number of hydrogen-bond acceptors (Lipinski definition) is 3. The lowest BCUT2D eigenvalue weighted by Gasteiger charge is -2.19. The van der Waals surface area contributed by atoms with E-state index in [0.717, 1.165) is 16.9 Å². The van der Waals surface area contributed by atoms with Crippen LogP contribution < -0.4 is 4.74 Å². The lowest BCUT2D eigenvalue weighted by atomic mass is 10.1. The number of rotatable bonds is 6. The van der Waals surface area contributed by atoms with E-state index in [2.05, 4.69) is 0 Å². The molecule has 0 radical (unpaired) electrons. The number of hydrogen-bond donors (Lipinski definition) is 0. The van der Waals surface area contributed by atoms with Crippen LogP contribution in [0.1, 0.15) is 30.9 Å². The van der Waals surface area contributed by atoms with Gasteiger partial charge in [-0.15, -0.1) is 0 Å². The van der Waals surface area contributed by atoms with Crippen LogP contribution in [-0.2, 0) is 16.1 Å². The Kier molecular flexibility index (Phi) is 5.55. The highest BCUT2D eigenvalue weighted by atomic mass is 16.5. The van der Waals surface area contributed by atoms with Gasteiger partial charge in [-0.25, -0.2) is 0 Å². The first-order chi connectivity index (χ1) is 8.93. The molecule has 0 unspecified atom stereocenters. The molecule has 0 aliphatic carbocycles. The SMILES string of the molecule is COc1ccc(C)cc1CN(C)C(=O)CCC(C)=O. The molecular weight excluding hydrogens is 242 g/mol. The number of ketones is 1. The van der Waals surface area contributed by atoms with Gasteiger partial charge >= 0.3 is 0 Å². The van der Waals surface area contributed by atoms with Crippen LogP contribution in [0.15, 0.2) is 18.2 Å². The van der Waals surface area contributed by atoms with Gasteiger partial charge in [-0.3, -0.25) is 4.79 Å². The summed E-state index contributed by atoms with van der Waals surface area (Å²) in [6.45, 7) is 3.99. The summed E-state index contributed by atoms with van der Waals surface area (Å²) < 4.78 is 5.29. The smallest absolute Gasteiger partial charge is 0.223 e. The first-order valence-corrected chi connectivity index (χ1v) is 6.31. The molecule has 4 heteroatoms. The van der Waals surface area contributed by atoms with E-state index in [9.17, 15) is 9.59 Å². The normalized spacial score (nSPS) is 10.1. The number of aryl methyl sites for hydroxylation is 1. The van der Waals surface area contributed by atoms with E-state index in [1.54, 1.807) is 19.1 Å². The minimum absolute atomic E-state index is 0.0289. The fourth-order valence-corrected chi connectivity index (χ4v) is 1.85. The average molecular weight is 263 g/mol. The maximum absolute atomic E-state index is 11.9. The first-order valence-electron chi connectivity index (χ1n) is 6.31. The summed E-state index contributed by atoms with van der Waals surface area (Å²) >= 11 is 0. The average Bonchev–Trinajstić information content (AvgIpc) is 2.36. The van der Waals surface area contributed by atoms with E-state index < -0.39 is 0 Å². The van der Waals surface area contributed by atoms with Gasteiger partial charge in [0, 0.05) is 32.0 Å². The Hall–Kier alpha value is -1.84. The summed E-state index contributed by atoms with van der Waals surface area (Å²) in [5, 5.41) is 0. The number of methoxy groups -OCH3 is 1. The van der Waals surface area contributed by atoms with Gasteiger partial charge in [0.25, 0.3) is 0 Å². The van der Waals surface area contributed by atoms with E-state index >= 15 is 0 Å². The van der Waals surface area contributed by atoms with Gasteiger partial charge in [0.15, 0.2) is 0 Å². The van der Waals surface area contributed by atoms with Gasteiger partial charge in [-0.1, -0.05) is 17.7 Å². The summed E-state index contributed by atoms with van der Waals surface area (Å²) in [5.41, 5.74) is 2.10. The molecule has 0 saturated heterocycles. The summed E-state index contributed by atoms with van der Waals surface area (Å²) in [5.74, 6) is 0.783. The molecule has 0 fully saturated rings. The molecule has 0 aliphatic heterocycles. The van der Waals surface area contributed by atoms with Crippen molar-refractivity contribution in [1.82, 2.24) is 4.90 Å². The van der Waals surface area contributed by atoms with Crippen LogP contribution in [-0.4, -0.2) is 30.7 Å². The lowest BCUT2D eigenvalue weighted by Crippen LogP contribution is -2.26. The van der Waals surface area contributed by atoms with Gasteiger partial charge in [-0.05, 0) is 19.9 Å². The third-order valence-electron chi connectivity index (χ3n) is 2.96. The Labute approximate surface area is 114 Å². The van der Waals surface area contributed by atoms with Gasteiger partial charge in [0.05, 0.1) is 7.11 Å². The highest BCUT2D eigenvalue weighted by Crippen LogP contribution is 2.21. The van der Waals surface area contributed by atoms with E-state index in [1.807, 2.05) is 25.1 Å². The van der Waals surface area contributed by atoms with Crippen molar-refractivity contribution in [3.8, 4) is 5.75 Å². The molecule has 0 aliphatic rings. The molecule has 19 heavy (non-hydrogen) atoms. The number of nitrogens with zero attached hydrogens (tertiary/aromatic N) is 1. The molecule has 1 rings (SSSR count). The Bertz CT molecular complexity index is 468. The highest BCUT2D eigenvalue weighted by molar-refractivity contribution is 5.83. The van der Waals surface area contributed by atoms with Crippen molar-refractivity contribution in [3.05, 3.63) is 29.3 Å². The third-order valence-corrected chi connectivity index (χ3v) is 2.96. The van der Waals surface area contributed by atoms with E-state index in [-0.39, 0.29) is 18.1 Å². The van der Waals surface area contributed by atoms with Crippen LogP contribution in [0.25, 0.3) is 0 Å². The molecule has 0 aromatic heterocycles. The van der Waals surface area contributed by atoms with E-state index in [4.69, 9.17) is 4.74 Å². The lowest BCUT2D eigenvalue weighted by molar-refractivity contribution is -0.132. The van der Waals surface area contributed by atoms with Crippen molar-refractivity contribution in [1.29, 1.82) is 0 Å². The second-order valence-corrected chi connectivity index (χ2v) is 4.77. The minimum Gasteiger partial charge on any atom is -0.496 e. The quantitative estimate of drug-likeness (QED) is 0.791. The number of ether oxygens (including phenoxy) is 1. The van der Waals surface area contributed by atoms with Gasteiger partial charge < -0.3 is 14.4 Å². The van der Waals surface area contributed by atoms with Gasteiger partial charge in [0.1, 0.15) is 11.5 Å². The predicted molar refractivity (Wildman–Crippen MR) is 74.1 cm³/mol. The topological polar surface area (TPSA) is 46.6 Å². The molecule has 0 N–H and O–H groups in total. The van der Waals surface area contributed by atoms with Crippen molar-refractivity contribution in [3.63, 3.8) is 0 Å². The molecule has 0 atom stereocenters. The maximum Gasteiger partial charge on any atom is 0.223 e. The zero-order valence-corrected chi connectivity index (χ0v) is 12.0. The Morgan fingerprint density at radius 1 is 1.26 bits per heavy atom. The summed E-state index contributed by atoms with van der Waals surface area (Å²) in [6, 6.07) is 5.88. The first kappa shape index (κ1) is 15.2. The molecule has 0 saturated carbocycles. The zero-order chi connectivity index (χ0) is 14.4. The molecular formula is C15H21NO3. The molecule has 4 nitrogen and oxygen atoms in total. The Balaban J connectivity index is 2.70. The predicted octanol–water partition coefficient (Wildman–Crippen LogP) is 2.33. The third kappa shape index (κ3) is 4.73. The monoisotopic (exact) mass is 263 g/mol. The number of carbonyl (C=O) groups excluding carboxylic acids is 2. The van der Waals surface area contributed by atoms with Crippen LogP contribution in [0.5, 0.6) is 5.75 Å². The van der Waals surface area contributed by atoms with E-state index in [1.165, 1.54) is 6.92 Å². The summed E-state index contributed by atoms with van der Waals surface area (Å²) in [7, 11) is 3.36. The van der Waals surface area contributed by atoms with Crippen LogP contribution in [0.4, 0.5) is 0 Å². The molecule has 1 aromatic carbocycles. The molecule has 104 valence electrons. The molecule has 0 bridgehead atoms. The van der Waals surface area contributed by atoms with Crippen molar-refractivity contribution in [2.75, 3.05) is 14.2 Å². The van der Waals surface area contributed by atoms with Crippen molar-refractivity contribution >= 4 is 11.7 Å². The summed E-state index contributed by atoms with van der Waals surface area (Å²) in [6.07, 6.45) is 0.564. The molecule has 1 aromatic rings. The van der Waals surface area contributed by atoms with Crippen molar-refractivity contribution in [2.45, 2.75) is 33.2 Å². The summed E-state index contributed by atoms with van der Waals surface area (Å²) in [4.78, 5) is 24.4. The highest BCUT2D eigenvalue weighted by Gasteiger charge is 2.12. The standard InChI is InChI=1S/C15H21NO3/c1-11-5-7-14(19-4)13(9-11)10-16(3)15(18)8-6-12(2)17/h5,7,9H,6,8,10H2,1-4H3. The van der Waals surface area contributed by atoms with Crippen molar-refractivity contribution in [2.24, 2.45) is 0 Å². The maximum atomic E-state index is 11.9. The van der Waals surface area contributed by atoms with Gasteiger partial charge in [0.2, 0.25) is 5.91 Å². The molecule has 1 amide bonds. The number of carbonyl (C=O) groups is 2. The van der Waals surface area contributed by atoms with Crippen LogP contribution in [0, 0.1) is 6.92 Å². The Morgan fingerprint density at radius 3 is 2.53 bits per heavy atom. The van der Waals surface area contributed by atoms with Crippen LogP contribution >= 0.6 is 0 Å². The fraction of sp³-hybridized carbons (Fsp3) is 0.467. The minimum atomic E-state index is -0.0289. The fourth-order valence-electron chi connectivity index (χ4n) is 1.85. The van der Waals surface area contributed by atoms with Crippen molar-refractivity contribution < 1.29 is 14.3 Å². The largest absolute Gasteiger partial charge is 0.496 e. The molecule has 0 spiro atoms. The van der Waals surface area contributed by atoms with Crippen LogP contribution in [0.3, 0.4) is 0 Å². The van der Waals surface area contributed by atoms with E-state index in [0.29, 0.717) is 13.0 Å². The number of benzene rings is 1. The number of amides is 1. The van der Waals surface area contributed by atoms with Gasteiger partial charge in [-0.2, -0.15) is 0 Å². The second kappa shape index (κ2) is 6.92. The second-order valence-electron chi connectivity index (χ2n) is 4.77. The zero-order valence-electron chi connectivity index (χ0n) is 12.0. The molecule has 0 heterocycles.